The van der Waals surface area contributed by atoms with Crippen LogP contribution in [-0.2, 0) is 0 Å². The van der Waals surface area contributed by atoms with Gasteiger partial charge in [0.25, 0.3) is 0 Å². The summed E-state index contributed by atoms with van der Waals surface area (Å²) in [5.74, 6) is 1.15. The molecular weight excluding hydrogens is 188 g/mol. The molecule has 78 valence electrons. The maximum Gasteiger partial charge on any atom is 0.151 e. The number of hydrogen-bond acceptors (Lipinski definition) is 4. The number of nitrogens with zero attached hydrogens (tertiary/aromatic N) is 4. The van der Waals surface area contributed by atoms with Crippen molar-refractivity contribution in [1.82, 2.24) is 10.2 Å². The normalized spacial score (nSPS) is 17.5. The third-order valence-electron chi connectivity index (χ3n) is 2.79. The predicted octanol–water partition coefficient (Wildman–Crippen LogP) is 1.52. The second kappa shape index (κ2) is 4.26. The molecule has 2 heterocycles. The molecule has 15 heavy (non-hydrogen) atoms. The van der Waals surface area contributed by atoms with Crippen molar-refractivity contribution in [3.05, 3.63) is 17.8 Å². The minimum Gasteiger partial charge on any atom is -0.355 e. The van der Waals surface area contributed by atoms with Gasteiger partial charge in [-0.1, -0.05) is 0 Å². The Hall–Kier alpha value is -1.63. The minimum absolute atomic E-state index is 0.222. The molecule has 0 aromatic carbocycles. The van der Waals surface area contributed by atoms with Crippen LogP contribution in [0.15, 0.2) is 12.1 Å². The zero-order chi connectivity index (χ0) is 10.7. The van der Waals surface area contributed by atoms with E-state index in [2.05, 4.69) is 21.2 Å². The smallest absolute Gasteiger partial charge is 0.151 e. The average molecular weight is 202 g/mol. The van der Waals surface area contributed by atoms with Crippen LogP contribution in [0.4, 0.5) is 5.82 Å². The van der Waals surface area contributed by atoms with E-state index in [9.17, 15) is 0 Å². The molecule has 2 rings (SSSR count). The molecular formula is C11H14N4. The van der Waals surface area contributed by atoms with E-state index < -0.39 is 0 Å². The fraction of sp³-hybridized carbons (Fsp3) is 0.545. The van der Waals surface area contributed by atoms with E-state index >= 15 is 0 Å². The number of hydrogen-bond donors (Lipinski definition) is 0. The molecule has 0 spiro atoms. The van der Waals surface area contributed by atoms with Gasteiger partial charge in [-0.05, 0) is 31.9 Å². The van der Waals surface area contributed by atoms with Crippen LogP contribution in [0.2, 0.25) is 0 Å². The summed E-state index contributed by atoms with van der Waals surface area (Å²) >= 11 is 0. The lowest BCUT2D eigenvalue weighted by atomic mass is 9.99. The predicted molar refractivity (Wildman–Crippen MR) is 57.3 cm³/mol. The molecule has 0 amide bonds. The first-order chi connectivity index (χ1) is 7.29. The maximum atomic E-state index is 8.79. The lowest BCUT2D eigenvalue weighted by Gasteiger charge is -2.29. The van der Waals surface area contributed by atoms with Crippen molar-refractivity contribution >= 4 is 5.82 Å². The molecule has 4 heteroatoms. The van der Waals surface area contributed by atoms with Crippen molar-refractivity contribution in [3.8, 4) is 6.07 Å². The molecule has 1 fully saturated rings. The van der Waals surface area contributed by atoms with Crippen molar-refractivity contribution in [2.45, 2.75) is 19.8 Å². The topological polar surface area (TPSA) is 52.8 Å². The number of anilines is 1. The third-order valence-corrected chi connectivity index (χ3v) is 2.79. The Balaban J connectivity index is 2.02. The van der Waals surface area contributed by atoms with Gasteiger partial charge in [0.05, 0.1) is 11.8 Å². The zero-order valence-corrected chi connectivity index (χ0v) is 8.85. The monoisotopic (exact) mass is 202 g/mol. The van der Waals surface area contributed by atoms with Gasteiger partial charge < -0.3 is 4.90 Å². The maximum absolute atomic E-state index is 8.79. The van der Waals surface area contributed by atoms with Crippen LogP contribution >= 0.6 is 0 Å². The van der Waals surface area contributed by atoms with E-state index in [0.29, 0.717) is 0 Å². The third kappa shape index (κ3) is 2.24. The first-order valence-corrected chi connectivity index (χ1v) is 5.24. The van der Waals surface area contributed by atoms with Crippen molar-refractivity contribution in [2.75, 3.05) is 18.0 Å². The van der Waals surface area contributed by atoms with Crippen molar-refractivity contribution in [2.24, 2.45) is 5.92 Å². The standard InChI is InChI=1S/C11H14N4/c1-9-2-3-11(14-13-9)15-6-4-10(8-12)5-7-15/h2-3,10H,4-7H2,1H3. The van der Waals surface area contributed by atoms with Gasteiger partial charge in [0.15, 0.2) is 5.82 Å². The summed E-state index contributed by atoms with van der Waals surface area (Å²) in [4.78, 5) is 2.19. The first-order valence-electron chi connectivity index (χ1n) is 5.24. The Morgan fingerprint density at radius 3 is 2.60 bits per heavy atom. The highest BCUT2D eigenvalue weighted by atomic mass is 15.3. The van der Waals surface area contributed by atoms with Gasteiger partial charge in [-0.15, -0.1) is 5.10 Å². The molecule has 1 aliphatic heterocycles. The summed E-state index contributed by atoms with van der Waals surface area (Å²) in [7, 11) is 0. The van der Waals surface area contributed by atoms with Gasteiger partial charge in [0.1, 0.15) is 0 Å². The van der Waals surface area contributed by atoms with E-state index in [4.69, 9.17) is 5.26 Å². The van der Waals surface area contributed by atoms with E-state index in [1.807, 2.05) is 19.1 Å². The largest absolute Gasteiger partial charge is 0.355 e. The summed E-state index contributed by atoms with van der Waals surface area (Å²) in [6.07, 6.45) is 1.87. The van der Waals surface area contributed by atoms with Crippen LogP contribution in [0.25, 0.3) is 0 Å². The fourth-order valence-electron chi connectivity index (χ4n) is 1.80. The summed E-state index contributed by atoms with van der Waals surface area (Å²) in [6.45, 7) is 3.75. The zero-order valence-electron chi connectivity index (χ0n) is 8.85. The highest BCUT2D eigenvalue weighted by Gasteiger charge is 2.19. The van der Waals surface area contributed by atoms with E-state index in [1.165, 1.54) is 0 Å². The Kier molecular flexibility index (Phi) is 2.82. The highest BCUT2D eigenvalue weighted by molar-refractivity contribution is 5.37. The Bertz CT molecular complexity index is 357. The van der Waals surface area contributed by atoms with Crippen molar-refractivity contribution in [3.63, 3.8) is 0 Å². The fourth-order valence-corrected chi connectivity index (χ4v) is 1.80. The molecule has 1 aromatic rings. The van der Waals surface area contributed by atoms with Crippen LogP contribution in [-0.4, -0.2) is 23.3 Å². The van der Waals surface area contributed by atoms with Crippen LogP contribution < -0.4 is 4.90 Å². The number of aromatic nitrogens is 2. The Labute approximate surface area is 89.5 Å². The molecule has 0 atom stereocenters. The van der Waals surface area contributed by atoms with Crippen molar-refractivity contribution < 1.29 is 0 Å². The number of piperidine rings is 1. The summed E-state index contributed by atoms with van der Waals surface area (Å²) in [5.41, 5.74) is 0.936. The summed E-state index contributed by atoms with van der Waals surface area (Å²) in [6, 6.07) is 6.29. The van der Waals surface area contributed by atoms with E-state index in [0.717, 1.165) is 37.4 Å². The SMILES string of the molecule is Cc1ccc(N2CCC(C#N)CC2)nn1. The van der Waals surface area contributed by atoms with Crippen LogP contribution in [0.3, 0.4) is 0 Å². The lowest BCUT2D eigenvalue weighted by molar-refractivity contribution is 0.484. The lowest BCUT2D eigenvalue weighted by Crippen LogP contribution is -2.33. The van der Waals surface area contributed by atoms with Crippen LogP contribution in [0.1, 0.15) is 18.5 Å². The van der Waals surface area contributed by atoms with Gasteiger partial charge in [0, 0.05) is 19.0 Å². The van der Waals surface area contributed by atoms with E-state index in [-0.39, 0.29) is 5.92 Å². The van der Waals surface area contributed by atoms with Crippen LogP contribution in [0.5, 0.6) is 0 Å². The molecule has 0 N–H and O–H groups in total. The molecule has 0 bridgehead atoms. The molecule has 1 aromatic heterocycles. The minimum atomic E-state index is 0.222. The van der Waals surface area contributed by atoms with E-state index in [1.54, 1.807) is 0 Å². The van der Waals surface area contributed by atoms with Gasteiger partial charge in [0.2, 0.25) is 0 Å². The first kappa shape index (κ1) is 9.91. The second-order valence-corrected chi connectivity index (χ2v) is 3.92. The van der Waals surface area contributed by atoms with Crippen molar-refractivity contribution in [1.29, 1.82) is 5.26 Å². The second-order valence-electron chi connectivity index (χ2n) is 3.92. The Morgan fingerprint density at radius 2 is 2.07 bits per heavy atom. The van der Waals surface area contributed by atoms with Gasteiger partial charge in [-0.25, -0.2) is 0 Å². The Morgan fingerprint density at radius 1 is 1.33 bits per heavy atom. The van der Waals surface area contributed by atoms with Gasteiger partial charge in [-0.2, -0.15) is 10.4 Å². The summed E-state index contributed by atoms with van der Waals surface area (Å²) in [5, 5.41) is 17.0. The average Bonchev–Trinajstić information content (AvgIpc) is 2.30. The van der Waals surface area contributed by atoms with Gasteiger partial charge >= 0.3 is 0 Å². The molecule has 0 unspecified atom stereocenters. The van der Waals surface area contributed by atoms with Crippen LogP contribution in [0, 0.1) is 24.2 Å². The molecule has 0 aliphatic carbocycles. The molecule has 1 aliphatic rings. The molecule has 1 saturated heterocycles. The number of nitriles is 1. The summed E-state index contributed by atoms with van der Waals surface area (Å²) < 4.78 is 0. The molecule has 0 saturated carbocycles. The highest BCUT2D eigenvalue weighted by Crippen LogP contribution is 2.20. The molecule has 4 nitrogen and oxygen atoms in total. The quantitative estimate of drug-likeness (QED) is 0.693. The number of rotatable bonds is 1. The molecule has 0 radical (unpaired) electrons. The number of aryl methyl sites for hydroxylation is 1. The van der Waals surface area contributed by atoms with Gasteiger partial charge in [-0.3, -0.25) is 0 Å².